The maximum Gasteiger partial charge on any atom is 0.348 e. The number of aromatic nitrogens is 1. The van der Waals surface area contributed by atoms with Gasteiger partial charge in [-0.1, -0.05) is 35.9 Å². The Morgan fingerprint density at radius 2 is 1.92 bits per heavy atom. The standard InChI is InChI=1S/C26H19ClFN2O5PS/c1-2-34-36(33,23-10-9-17(27)12-18(23)28)30-20-14-24(37-25(20)26(31)32)16-7-5-15(6-8-16)22-13-19-21(35-22)4-3-11-29-19/h3-14H,2H2,1H3,(H,30,33)(H,31,32). The van der Waals surface area contributed by atoms with Crippen LogP contribution in [0.3, 0.4) is 0 Å². The van der Waals surface area contributed by atoms with Gasteiger partial charge in [0.15, 0.2) is 5.58 Å². The van der Waals surface area contributed by atoms with Crippen LogP contribution in [-0.2, 0) is 9.09 Å². The Kier molecular flexibility index (Phi) is 6.88. The van der Waals surface area contributed by atoms with Crippen molar-refractivity contribution >= 4 is 58.5 Å². The first-order valence-electron chi connectivity index (χ1n) is 11.1. The van der Waals surface area contributed by atoms with Crippen LogP contribution in [-0.4, -0.2) is 22.7 Å². The number of pyridine rings is 1. The summed E-state index contributed by atoms with van der Waals surface area (Å²) in [6.07, 6.45) is 1.69. The van der Waals surface area contributed by atoms with Gasteiger partial charge in [0.05, 0.1) is 17.6 Å². The SMILES string of the molecule is CCOP(=O)(Nc1cc(-c2ccc(-c3cc4ncccc4o3)cc2)sc1C(=O)O)c1ccc(Cl)cc1F. The second-order valence-electron chi connectivity index (χ2n) is 7.91. The zero-order chi connectivity index (χ0) is 26.2. The average molecular weight is 557 g/mol. The molecule has 5 rings (SSSR count). The lowest BCUT2D eigenvalue weighted by Gasteiger charge is -2.20. The molecular formula is C26H19ClFN2O5PS. The maximum absolute atomic E-state index is 14.6. The molecule has 0 spiro atoms. The van der Waals surface area contributed by atoms with Gasteiger partial charge in [0.25, 0.3) is 0 Å². The summed E-state index contributed by atoms with van der Waals surface area (Å²) in [5.74, 6) is -1.38. The van der Waals surface area contributed by atoms with Crippen LogP contribution >= 0.6 is 30.5 Å². The first-order valence-corrected chi connectivity index (χ1v) is 13.9. The van der Waals surface area contributed by atoms with Crippen molar-refractivity contribution in [3.05, 3.63) is 88.6 Å². The number of aromatic carboxylic acids is 1. The number of carbonyl (C=O) groups is 1. The van der Waals surface area contributed by atoms with Crippen molar-refractivity contribution in [2.45, 2.75) is 6.92 Å². The van der Waals surface area contributed by atoms with E-state index in [0.717, 1.165) is 34.0 Å². The molecule has 2 N–H and O–H groups in total. The third kappa shape index (κ3) is 5.04. The van der Waals surface area contributed by atoms with Gasteiger partial charge in [-0.3, -0.25) is 9.55 Å². The van der Waals surface area contributed by atoms with Gasteiger partial charge >= 0.3 is 13.5 Å². The number of thiophene rings is 1. The fraction of sp³-hybridized carbons (Fsp3) is 0.0769. The Morgan fingerprint density at radius 1 is 1.16 bits per heavy atom. The number of rotatable bonds is 8. The lowest BCUT2D eigenvalue weighted by atomic mass is 10.1. The van der Waals surface area contributed by atoms with E-state index in [-0.39, 0.29) is 27.5 Å². The summed E-state index contributed by atoms with van der Waals surface area (Å²) < 4.78 is 39.6. The number of nitrogens with zero attached hydrogens (tertiary/aromatic N) is 1. The fourth-order valence-corrected chi connectivity index (χ4v) is 6.80. The summed E-state index contributed by atoms with van der Waals surface area (Å²) in [7, 11) is -4.02. The molecule has 2 aromatic carbocycles. The summed E-state index contributed by atoms with van der Waals surface area (Å²) >= 11 is 6.84. The van der Waals surface area contributed by atoms with Crippen molar-refractivity contribution in [1.29, 1.82) is 0 Å². The summed E-state index contributed by atoms with van der Waals surface area (Å²) in [6, 6.07) is 18.1. The van der Waals surface area contributed by atoms with E-state index in [9.17, 15) is 18.9 Å². The van der Waals surface area contributed by atoms with E-state index in [0.29, 0.717) is 16.2 Å². The highest BCUT2D eigenvalue weighted by Gasteiger charge is 2.32. The van der Waals surface area contributed by atoms with Gasteiger partial charge in [-0.25, -0.2) is 9.18 Å². The highest BCUT2D eigenvalue weighted by atomic mass is 35.5. The smallest absolute Gasteiger partial charge is 0.348 e. The largest absolute Gasteiger partial charge is 0.477 e. The predicted molar refractivity (Wildman–Crippen MR) is 144 cm³/mol. The molecule has 1 atom stereocenters. The highest BCUT2D eigenvalue weighted by Crippen LogP contribution is 2.49. The van der Waals surface area contributed by atoms with Crippen LogP contribution in [0.2, 0.25) is 5.02 Å². The Morgan fingerprint density at radius 3 is 2.59 bits per heavy atom. The molecule has 3 aromatic heterocycles. The van der Waals surface area contributed by atoms with Crippen LogP contribution in [0, 0.1) is 5.82 Å². The minimum atomic E-state index is -4.02. The normalized spacial score (nSPS) is 12.9. The van der Waals surface area contributed by atoms with E-state index in [1.54, 1.807) is 25.3 Å². The Hall–Kier alpha value is -3.49. The van der Waals surface area contributed by atoms with E-state index in [2.05, 4.69) is 10.1 Å². The van der Waals surface area contributed by atoms with Crippen molar-refractivity contribution in [1.82, 2.24) is 4.98 Å². The second-order valence-corrected chi connectivity index (χ2v) is 11.5. The van der Waals surface area contributed by atoms with E-state index in [4.69, 9.17) is 20.5 Å². The van der Waals surface area contributed by atoms with Crippen molar-refractivity contribution < 1.29 is 27.8 Å². The highest BCUT2D eigenvalue weighted by molar-refractivity contribution is 7.68. The van der Waals surface area contributed by atoms with Gasteiger partial charge in [-0.05, 0) is 48.9 Å². The third-order valence-corrected chi connectivity index (χ3v) is 9.03. The van der Waals surface area contributed by atoms with Gasteiger partial charge in [-0.15, -0.1) is 11.3 Å². The second kappa shape index (κ2) is 10.1. The number of carboxylic acids is 1. The molecule has 37 heavy (non-hydrogen) atoms. The summed E-state index contributed by atoms with van der Waals surface area (Å²) in [4.78, 5) is 16.8. The number of halogens is 2. The van der Waals surface area contributed by atoms with Gasteiger partial charge < -0.3 is 19.1 Å². The number of anilines is 1. The monoisotopic (exact) mass is 556 g/mol. The van der Waals surface area contributed by atoms with E-state index >= 15 is 0 Å². The lowest BCUT2D eigenvalue weighted by molar-refractivity contribution is 0.0703. The maximum atomic E-state index is 14.6. The molecule has 0 fully saturated rings. The van der Waals surface area contributed by atoms with Crippen molar-refractivity contribution in [2.75, 3.05) is 11.7 Å². The van der Waals surface area contributed by atoms with Crippen molar-refractivity contribution in [3.63, 3.8) is 0 Å². The molecule has 188 valence electrons. The van der Waals surface area contributed by atoms with Crippen LogP contribution < -0.4 is 10.4 Å². The Labute approximate surface area is 220 Å². The molecule has 3 heterocycles. The molecule has 7 nitrogen and oxygen atoms in total. The predicted octanol–water partition coefficient (Wildman–Crippen LogP) is 7.68. The average Bonchev–Trinajstić information content (AvgIpc) is 3.48. The molecule has 0 saturated carbocycles. The summed E-state index contributed by atoms with van der Waals surface area (Å²) in [6.45, 7) is 1.61. The minimum Gasteiger partial charge on any atom is -0.477 e. The van der Waals surface area contributed by atoms with Crippen molar-refractivity contribution in [3.8, 4) is 21.8 Å². The van der Waals surface area contributed by atoms with Crippen LogP contribution in [0.15, 0.2) is 77.3 Å². The van der Waals surface area contributed by atoms with Gasteiger partial charge in [0, 0.05) is 27.7 Å². The molecule has 11 heteroatoms. The fourth-order valence-electron chi connectivity index (χ4n) is 3.81. The molecule has 0 aliphatic carbocycles. The van der Waals surface area contributed by atoms with E-state index in [1.165, 1.54) is 12.1 Å². The number of nitrogens with one attached hydrogen (secondary N) is 1. The molecule has 5 aromatic rings. The molecule has 0 radical (unpaired) electrons. The van der Waals surface area contributed by atoms with E-state index in [1.807, 2.05) is 36.4 Å². The Bertz CT molecular complexity index is 1630. The van der Waals surface area contributed by atoms with Crippen LogP contribution in [0.4, 0.5) is 10.1 Å². The number of hydrogen-bond acceptors (Lipinski definition) is 6. The first-order chi connectivity index (χ1) is 17.8. The first kappa shape index (κ1) is 25.2. The molecule has 0 saturated heterocycles. The molecule has 0 amide bonds. The zero-order valence-electron chi connectivity index (χ0n) is 19.3. The summed E-state index contributed by atoms with van der Waals surface area (Å²) in [5, 5.41) is 12.4. The Balaban J connectivity index is 1.48. The van der Waals surface area contributed by atoms with Gasteiger partial charge in [0.2, 0.25) is 0 Å². The zero-order valence-corrected chi connectivity index (χ0v) is 21.7. The number of benzene rings is 2. The van der Waals surface area contributed by atoms with Crippen LogP contribution in [0.1, 0.15) is 16.6 Å². The molecule has 0 aliphatic heterocycles. The molecule has 1 unspecified atom stereocenters. The number of fused-ring (bicyclic) bond motifs is 1. The molecule has 0 aliphatic rings. The lowest BCUT2D eigenvalue weighted by Crippen LogP contribution is -2.18. The van der Waals surface area contributed by atoms with Crippen molar-refractivity contribution in [2.24, 2.45) is 0 Å². The quantitative estimate of drug-likeness (QED) is 0.189. The number of carboxylic acid groups (broad SMARTS) is 1. The molecular weight excluding hydrogens is 538 g/mol. The van der Waals surface area contributed by atoms with Gasteiger partial charge in [-0.2, -0.15) is 0 Å². The number of hydrogen-bond donors (Lipinski definition) is 2. The molecule has 0 bridgehead atoms. The minimum absolute atomic E-state index is 0.00448. The van der Waals surface area contributed by atoms with Crippen LogP contribution in [0.25, 0.3) is 32.9 Å². The topological polar surface area (TPSA) is 102 Å². The summed E-state index contributed by atoms with van der Waals surface area (Å²) in [5.41, 5.74) is 3.05. The van der Waals surface area contributed by atoms with Crippen LogP contribution in [0.5, 0.6) is 0 Å². The third-order valence-electron chi connectivity index (χ3n) is 5.47. The van der Waals surface area contributed by atoms with E-state index < -0.39 is 19.3 Å². The van der Waals surface area contributed by atoms with Gasteiger partial charge in [0.1, 0.15) is 22.0 Å². The number of furan rings is 1.